The van der Waals surface area contributed by atoms with Gasteiger partial charge in [-0.2, -0.15) is 0 Å². The van der Waals surface area contributed by atoms with Crippen LogP contribution in [0.25, 0.3) is 0 Å². The first-order chi connectivity index (χ1) is 8.15. The van der Waals surface area contributed by atoms with Crippen molar-refractivity contribution in [2.24, 2.45) is 17.8 Å². The van der Waals surface area contributed by atoms with E-state index >= 15 is 0 Å². The van der Waals surface area contributed by atoms with E-state index in [2.05, 4.69) is 0 Å². The van der Waals surface area contributed by atoms with E-state index in [1.807, 2.05) is 23.8 Å². The molecule has 3 atom stereocenters. The molecule has 3 nitrogen and oxygen atoms in total. The van der Waals surface area contributed by atoms with Gasteiger partial charge in [0.2, 0.25) is 0 Å². The highest BCUT2D eigenvalue weighted by atomic mass is 16.4. The lowest BCUT2D eigenvalue weighted by molar-refractivity contribution is 0.0682. The van der Waals surface area contributed by atoms with Crippen LogP contribution in [-0.2, 0) is 6.54 Å². The summed E-state index contributed by atoms with van der Waals surface area (Å²) in [5, 5.41) is 9.22. The van der Waals surface area contributed by atoms with Gasteiger partial charge >= 0.3 is 5.97 Å². The fourth-order valence-electron chi connectivity index (χ4n) is 3.88. The van der Waals surface area contributed by atoms with Crippen molar-refractivity contribution in [1.82, 2.24) is 4.57 Å². The maximum Gasteiger partial charge on any atom is 0.352 e. The monoisotopic (exact) mass is 233 g/mol. The van der Waals surface area contributed by atoms with Crippen LogP contribution in [0, 0.1) is 24.7 Å². The summed E-state index contributed by atoms with van der Waals surface area (Å²) in [5.74, 6) is 1.69. The zero-order chi connectivity index (χ0) is 12.0. The molecule has 2 bridgehead atoms. The Balaban J connectivity index is 1.79. The largest absolute Gasteiger partial charge is 0.477 e. The van der Waals surface area contributed by atoms with Crippen molar-refractivity contribution in [2.45, 2.75) is 39.2 Å². The van der Waals surface area contributed by atoms with E-state index in [4.69, 9.17) is 0 Å². The van der Waals surface area contributed by atoms with E-state index in [1.165, 1.54) is 25.7 Å². The molecule has 1 aromatic rings. The summed E-state index contributed by atoms with van der Waals surface area (Å²) in [6, 6.07) is 1.91. The van der Waals surface area contributed by atoms with Gasteiger partial charge in [0, 0.05) is 12.7 Å². The van der Waals surface area contributed by atoms with Crippen LogP contribution in [0.4, 0.5) is 0 Å². The lowest BCUT2D eigenvalue weighted by atomic mass is 9.89. The highest BCUT2D eigenvalue weighted by Crippen LogP contribution is 2.48. The summed E-state index contributed by atoms with van der Waals surface area (Å²) in [6.45, 7) is 2.78. The van der Waals surface area contributed by atoms with Gasteiger partial charge in [0.05, 0.1) is 0 Å². The minimum atomic E-state index is -0.796. The maximum atomic E-state index is 11.2. The number of fused-ring (bicyclic) bond motifs is 2. The minimum absolute atomic E-state index is 0.479. The molecule has 2 saturated carbocycles. The van der Waals surface area contributed by atoms with Crippen molar-refractivity contribution in [3.8, 4) is 0 Å². The number of aromatic nitrogens is 1. The zero-order valence-corrected chi connectivity index (χ0v) is 10.2. The van der Waals surface area contributed by atoms with Gasteiger partial charge in [-0.1, -0.05) is 6.42 Å². The SMILES string of the molecule is Cc1ccn(CC2CC3CCC2C3)c1C(=O)O. The molecule has 0 saturated heterocycles. The summed E-state index contributed by atoms with van der Waals surface area (Å²) in [4.78, 5) is 11.2. The Morgan fingerprint density at radius 3 is 2.88 bits per heavy atom. The van der Waals surface area contributed by atoms with E-state index in [0.29, 0.717) is 11.6 Å². The third-order valence-corrected chi connectivity index (χ3v) is 4.68. The predicted molar refractivity (Wildman–Crippen MR) is 65.1 cm³/mol. The van der Waals surface area contributed by atoms with E-state index in [9.17, 15) is 9.90 Å². The Labute approximate surface area is 101 Å². The molecule has 1 aromatic heterocycles. The highest BCUT2D eigenvalue weighted by molar-refractivity contribution is 5.87. The molecular formula is C14H19NO2. The second-order valence-corrected chi connectivity index (χ2v) is 5.74. The molecule has 2 aliphatic rings. The highest BCUT2D eigenvalue weighted by Gasteiger charge is 2.39. The molecule has 0 aromatic carbocycles. The van der Waals surface area contributed by atoms with Crippen LogP contribution in [-0.4, -0.2) is 15.6 Å². The molecule has 3 rings (SSSR count). The molecular weight excluding hydrogens is 214 g/mol. The van der Waals surface area contributed by atoms with Crippen molar-refractivity contribution in [3.05, 3.63) is 23.5 Å². The first-order valence-electron chi connectivity index (χ1n) is 6.54. The molecule has 3 heteroatoms. The van der Waals surface area contributed by atoms with Crippen LogP contribution in [0.15, 0.2) is 12.3 Å². The summed E-state index contributed by atoms with van der Waals surface area (Å²) in [5.41, 5.74) is 1.36. The number of aryl methyl sites for hydroxylation is 1. The smallest absolute Gasteiger partial charge is 0.352 e. The maximum absolute atomic E-state index is 11.2. The molecule has 3 unspecified atom stereocenters. The Morgan fingerprint density at radius 1 is 1.47 bits per heavy atom. The van der Waals surface area contributed by atoms with Crippen LogP contribution in [0.1, 0.15) is 41.7 Å². The molecule has 0 radical (unpaired) electrons. The van der Waals surface area contributed by atoms with E-state index in [-0.39, 0.29) is 0 Å². The number of carbonyl (C=O) groups is 1. The van der Waals surface area contributed by atoms with Gasteiger partial charge in [0.1, 0.15) is 5.69 Å². The zero-order valence-electron chi connectivity index (χ0n) is 10.2. The molecule has 0 amide bonds. The summed E-state index contributed by atoms with van der Waals surface area (Å²) in [6.07, 6.45) is 7.38. The number of nitrogens with zero attached hydrogens (tertiary/aromatic N) is 1. The number of hydrogen-bond acceptors (Lipinski definition) is 1. The average molecular weight is 233 g/mol. The van der Waals surface area contributed by atoms with Crippen molar-refractivity contribution < 1.29 is 9.90 Å². The van der Waals surface area contributed by atoms with Crippen LogP contribution >= 0.6 is 0 Å². The number of carboxylic acids is 1. The summed E-state index contributed by atoms with van der Waals surface area (Å²) in [7, 11) is 0. The van der Waals surface area contributed by atoms with Gasteiger partial charge in [0.15, 0.2) is 0 Å². The van der Waals surface area contributed by atoms with Crippen LogP contribution in [0.3, 0.4) is 0 Å². The fraction of sp³-hybridized carbons (Fsp3) is 0.643. The number of rotatable bonds is 3. The third kappa shape index (κ3) is 1.78. The van der Waals surface area contributed by atoms with E-state index in [1.54, 1.807) is 0 Å². The van der Waals surface area contributed by atoms with E-state index < -0.39 is 5.97 Å². The van der Waals surface area contributed by atoms with Crippen LogP contribution in [0.2, 0.25) is 0 Å². The van der Waals surface area contributed by atoms with Gasteiger partial charge < -0.3 is 9.67 Å². The third-order valence-electron chi connectivity index (χ3n) is 4.68. The van der Waals surface area contributed by atoms with Gasteiger partial charge in [-0.05, 0) is 55.6 Å². The first-order valence-corrected chi connectivity index (χ1v) is 6.54. The number of carboxylic acid groups (broad SMARTS) is 1. The Kier molecular flexibility index (Phi) is 2.49. The molecule has 2 aliphatic carbocycles. The molecule has 1 heterocycles. The molecule has 2 fully saturated rings. The quantitative estimate of drug-likeness (QED) is 0.872. The molecule has 17 heavy (non-hydrogen) atoms. The first kappa shape index (κ1) is 10.9. The van der Waals surface area contributed by atoms with Crippen molar-refractivity contribution in [1.29, 1.82) is 0 Å². The fourth-order valence-corrected chi connectivity index (χ4v) is 3.88. The summed E-state index contributed by atoms with van der Waals surface area (Å²) >= 11 is 0. The van der Waals surface area contributed by atoms with E-state index in [0.717, 1.165) is 23.9 Å². The Morgan fingerprint density at radius 2 is 2.29 bits per heavy atom. The molecule has 0 spiro atoms. The molecule has 0 aliphatic heterocycles. The topological polar surface area (TPSA) is 42.2 Å². The van der Waals surface area contributed by atoms with Gasteiger partial charge in [0.25, 0.3) is 0 Å². The number of aromatic carboxylic acids is 1. The van der Waals surface area contributed by atoms with Gasteiger partial charge in [-0.25, -0.2) is 4.79 Å². The lowest BCUT2D eigenvalue weighted by Crippen LogP contribution is -2.19. The van der Waals surface area contributed by atoms with Crippen molar-refractivity contribution in [3.63, 3.8) is 0 Å². The standard InChI is InChI=1S/C14H19NO2/c1-9-4-5-15(13(9)14(16)17)8-12-7-10-2-3-11(12)6-10/h4-5,10-12H,2-3,6-8H2,1H3,(H,16,17). The Hall–Kier alpha value is -1.25. The van der Waals surface area contributed by atoms with Gasteiger partial charge in [-0.15, -0.1) is 0 Å². The van der Waals surface area contributed by atoms with Crippen LogP contribution in [0.5, 0.6) is 0 Å². The normalized spacial score (nSPS) is 31.0. The molecule has 1 N–H and O–H groups in total. The minimum Gasteiger partial charge on any atom is -0.477 e. The predicted octanol–water partition coefficient (Wildman–Crippen LogP) is 2.93. The Bertz CT molecular complexity index is 449. The van der Waals surface area contributed by atoms with Gasteiger partial charge in [-0.3, -0.25) is 0 Å². The van der Waals surface area contributed by atoms with Crippen LogP contribution < -0.4 is 0 Å². The summed E-state index contributed by atoms with van der Waals surface area (Å²) < 4.78 is 1.95. The van der Waals surface area contributed by atoms with Crippen molar-refractivity contribution in [2.75, 3.05) is 0 Å². The van der Waals surface area contributed by atoms with Crippen molar-refractivity contribution >= 4 is 5.97 Å². The number of hydrogen-bond donors (Lipinski definition) is 1. The lowest BCUT2D eigenvalue weighted by Gasteiger charge is -2.22. The molecule has 92 valence electrons. The second kappa shape index (κ2) is 3.90. The second-order valence-electron chi connectivity index (χ2n) is 5.74. The average Bonchev–Trinajstić information content (AvgIpc) is 2.93.